The van der Waals surface area contributed by atoms with E-state index in [-0.39, 0.29) is 11.0 Å². The van der Waals surface area contributed by atoms with Crippen LogP contribution in [0.4, 0.5) is 0 Å². The van der Waals surface area contributed by atoms with E-state index in [0.29, 0.717) is 28.6 Å². The van der Waals surface area contributed by atoms with Crippen LogP contribution in [0.1, 0.15) is 44.1 Å². The number of allylic oxidation sites excluding steroid dienone is 1. The molecule has 2 aromatic heterocycles. The number of ketones is 1. The number of Topliss-reactive ketones (excluding diaryl/α,β-unsaturated/α-hetero) is 1. The van der Waals surface area contributed by atoms with Gasteiger partial charge in [0.25, 0.3) is 5.56 Å². The number of rotatable bonds is 7. The maximum atomic E-state index is 13.6. The maximum Gasteiger partial charge on any atom is 0.263 e. The van der Waals surface area contributed by atoms with Gasteiger partial charge in [0.05, 0.1) is 11.1 Å². The second-order valence-corrected chi connectivity index (χ2v) is 12.5. The summed E-state index contributed by atoms with van der Waals surface area (Å²) in [6.07, 6.45) is 8.96. The van der Waals surface area contributed by atoms with E-state index in [1.807, 2.05) is 5.38 Å². The van der Waals surface area contributed by atoms with Crippen LogP contribution in [0.2, 0.25) is 0 Å². The van der Waals surface area contributed by atoms with Gasteiger partial charge in [-0.05, 0) is 68.8 Å². The van der Waals surface area contributed by atoms with Crippen LogP contribution in [0.15, 0.2) is 52.3 Å². The smallest absolute Gasteiger partial charge is 0.263 e. The number of nitrogens with zero attached hydrogens (tertiary/aromatic N) is 2. The first kappa shape index (κ1) is 22.3. The van der Waals surface area contributed by atoms with Crippen molar-refractivity contribution < 1.29 is 4.79 Å². The average molecular weight is 491 g/mol. The molecule has 4 bridgehead atoms. The molecule has 3 aromatic rings. The number of aromatic nitrogens is 2. The highest BCUT2D eigenvalue weighted by molar-refractivity contribution is 7.99. The predicted octanol–water partition coefficient (Wildman–Crippen LogP) is 6.50. The number of carbonyl (C=O) groups excluding carboxylic acids is 1. The van der Waals surface area contributed by atoms with Crippen molar-refractivity contribution in [3.63, 3.8) is 0 Å². The quantitative estimate of drug-likeness (QED) is 0.216. The van der Waals surface area contributed by atoms with Gasteiger partial charge in [0, 0.05) is 22.9 Å². The first-order valence-corrected chi connectivity index (χ1v) is 14.2. The monoisotopic (exact) mass is 490 g/mol. The highest BCUT2D eigenvalue weighted by atomic mass is 32.2. The lowest BCUT2D eigenvalue weighted by molar-refractivity contribution is -0.141. The third-order valence-corrected chi connectivity index (χ3v) is 10.1. The van der Waals surface area contributed by atoms with Gasteiger partial charge >= 0.3 is 0 Å². The molecule has 4 nitrogen and oxygen atoms in total. The van der Waals surface area contributed by atoms with Crippen molar-refractivity contribution in [1.82, 2.24) is 9.55 Å². The standard InChI is InChI=1S/C28H30N2O2S2/c1-3-8-30-26(32)24-22(21-6-4-17(2)5-7-21)15-33-25(24)29-27(30)34-16-23(31)28-12-18-9-19(13-28)11-20(10-18)14-28/h3-7,15,18-20H,1,8-14,16H2,2H3. The Balaban J connectivity index is 1.31. The summed E-state index contributed by atoms with van der Waals surface area (Å²) in [5, 5.41) is 3.32. The zero-order valence-electron chi connectivity index (χ0n) is 19.6. The fraction of sp³-hybridized carbons (Fsp3) is 0.464. The minimum Gasteiger partial charge on any atom is -0.298 e. The van der Waals surface area contributed by atoms with Gasteiger partial charge in [-0.15, -0.1) is 17.9 Å². The lowest BCUT2D eigenvalue weighted by atomic mass is 9.48. The summed E-state index contributed by atoms with van der Waals surface area (Å²) in [7, 11) is 0. The highest BCUT2D eigenvalue weighted by Gasteiger charge is 2.54. The molecular weight excluding hydrogens is 460 g/mol. The molecule has 2 heterocycles. The van der Waals surface area contributed by atoms with Crippen molar-refractivity contribution in [3.05, 3.63) is 58.2 Å². The second-order valence-electron chi connectivity index (χ2n) is 10.7. The van der Waals surface area contributed by atoms with Crippen LogP contribution in [0.5, 0.6) is 0 Å². The van der Waals surface area contributed by atoms with Gasteiger partial charge in [-0.25, -0.2) is 4.98 Å². The largest absolute Gasteiger partial charge is 0.298 e. The maximum absolute atomic E-state index is 13.6. The Bertz CT molecular complexity index is 1300. The molecule has 6 heteroatoms. The number of carbonyl (C=O) groups is 1. The lowest BCUT2D eigenvalue weighted by Gasteiger charge is -2.56. The highest BCUT2D eigenvalue weighted by Crippen LogP contribution is 2.60. The summed E-state index contributed by atoms with van der Waals surface area (Å²) < 4.78 is 1.69. The minimum atomic E-state index is -0.114. The summed E-state index contributed by atoms with van der Waals surface area (Å²) in [6.45, 7) is 6.30. The van der Waals surface area contributed by atoms with Crippen LogP contribution >= 0.6 is 23.1 Å². The Morgan fingerprint density at radius 1 is 1.18 bits per heavy atom. The van der Waals surface area contributed by atoms with Crippen LogP contribution in [0, 0.1) is 30.1 Å². The van der Waals surface area contributed by atoms with E-state index in [1.165, 1.54) is 47.9 Å². The molecule has 34 heavy (non-hydrogen) atoms. The van der Waals surface area contributed by atoms with Crippen molar-refractivity contribution in [1.29, 1.82) is 0 Å². The molecule has 4 fully saturated rings. The van der Waals surface area contributed by atoms with E-state index >= 15 is 0 Å². The van der Waals surface area contributed by atoms with E-state index < -0.39 is 0 Å². The van der Waals surface area contributed by atoms with Gasteiger partial charge in [0.15, 0.2) is 5.16 Å². The number of hydrogen-bond donors (Lipinski definition) is 0. The SMILES string of the molecule is C=CCn1c(SCC(=O)C23CC4CC(CC(C4)C2)C3)nc2scc(-c3ccc(C)cc3)c2c1=O. The number of thiophene rings is 1. The number of hydrogen-bond acceptors (Lipinski definition) is 5. The zero-order valence-corrected chi connectivity index (χ0v) is 21.2. The normalized spacial score (nSPS) is 27.4. The number of benzene rings is 1. The van der Waals surface area contributed by atoms with Crippen molar-refractivity contribution >= 4 is 39.1 Å². The second kappa shape index (κ2) is 8.49. The van der Waals surface area contributed by atoms with Gasteiger partial charge in [0.1, 0.15) is 10.6 Å². The lowest BCUT2D eigenvalue weighted by Crippen LogP contribution is -2.50. The molecule has 0 amide bonds. The fourth-order valence-electron chi connectivity index (χ4n) is 7.09. The third kappa shape index (κ3) is 3.70. The molecule has 4 saturated carbocycles. The Labute approximate surface area is 208 Å². The molecule has 0 radical (unpaired) electrons. The summed E-state index contributed by atoms with van der Waals surface area (Å²) in [4.78, 5) is 32.8. The number of aryl methyl sites for hydroxylation is 1. The topological polar surface area (TPSA) is 52.0 Å². The molecule has 0 N–H and O–H groups in total. The summed E-state index contributed by atoms with van der Waals surface area (Å²) >= 11 is 2.94. The van der Waals surface area contributed by atoms with E-state index in [2.05, 4.69) is 37.8 Å². The molecule has 176 valence electrons. The Kier molecular flexibility index (Phi) is 5.57. The average Bonchev–Trinajstić information content (AvgIpc) is 3.23. The molecule has 4 aliphatic rings. The first-order chi connectivity index (χ1) is 16.5. The van der Waals surface area contributed by atoms with Crippen molar-refractivity contribution in [2.45, 2.75) is 57.1 Å². The molecule has 0 atom stereocenters. The molecule has 7 rings (SSSR count). The molecular formula is C28H30N2O2S2. The molecule has 0 saturated heterocycles. The molecule has 1 aromatic carbocycles. The summed E-state index contributed by atoms with van der Waals surface area (Å²) in [5.41, 5.74) is 2.98. The van der Waals surface area contributed by atoms with E-state index in [1.54, 1.807) is 10.6 Å². The van der Waals surface area contributed by atoms with Gasteiger partial charge in [-0.1, -0.05) is 47.7 Å². The van der Waals surface area contributed by atoms with Crippen LogP contribution in [0.25, 0.3) is 21.3 Å². The zero-order chi connectivity index (χ0) is 23.4. The summed E-state index contributed by atoms with van der Waals surface area (Å²) in [5.74, 6) is 3.03. The molecule has 4 aliphatic carbocycles. The number of thioether (sulfide) groups is 1. The van der Waals surface area contributed by atoms with Crippen molar-refractivity contribution in [2.75, 3.05) is 5.75 Å². The van der Waals surface area contributed by atoms with E-state index in [0.717, 1.165) is 53.0 Å². The molecule has 0 unspecified atom stereocenters. The van der Waals surface area contributed by atoms with Crippen LogP contribution in [-0.2, 0) is 11.3 Å². The van der Waals surface area contributed by atoms with Crippen LogP contribution < -0.4 is 5.56 Å². The number of fused-ring (bicyclic) bond motifs is 1. The Hall–Kier alpha value is -2.18. The van der Waals surface area contributed by atoms with Crippen LogP contribution in [0.3, 0.4) is 0 Å². The molecule has 0 spiro atoms. The fourth-order valence-corrected chi connectivity index (χ4v) is 9.12. The van der Waals surface area contributed by atoms with Gasteiger partial charge in [-0.3, -0.25) is 14.2 Å². The van der Waals surface area contributed by atoms with Crippen LogP contribution in [-0.4, -0.2) is 21.1 Å². The Morgan fingerprint density at radius 2 is 1.82 bits per heavy atom. The van der Waals surface area contributed by atoms with Gasteiger partial charge in [-0.2, -0.15) is 0 Å². The molecule has 0 aliphatic heterocycles. The van der Waals surface area contributed by atoms with Gasteiger partial charge < -0.3 is 0 Å². The summed E-state index contributed by atoms with van der Waals surface area (Å²) in [6, 6.07) is 8.24. The minimum absolute atomic E-state index is 0.0496. The third-order valence-electron chi connectivity index (χ3n) is 8.30. The van der Waals surface area contributed by atoms with Gasteiger partial charge in [0.2, 0.25) is 0 Å². The van der Waals surface area contributed by atoms with Crippen molar-refractivity contribution in [2.24, 2.45) is 23.2 Å². The van der Waals surface area contributed by atoms with E-state index in [9.17, 15) is 9.59 Å². The van der Waals surface area contributed by atoms with E-state index in [4.69, 9.17) is 4.98 Å². The first-order valence-electron chi connectivity index (χ1n) is 12.3. The van der Waals surface area contributed by atoms with Crippen molar-refractivity contribution in [3.8, 4) is 11.1 Å². The Morgan fingerprint density at radius 3 is 2.44 bits per heavy atom. The predicted molar refractivity (Wildman–Crippen MR) is 141 cm³/mol.